The zero-order valence-corrected chi connectivity index (χ0v) is 18.5. The highest BCUT2D eigenvalue weighted by atomic mass is 16.5. The quantitative estimate of drug-likeness (QED) is 0.338. The van der Waals surface area contributed by atoms with Gasteiger partial charge in [-0.05, 0) is 47.7 Å². The SMILES string of the molecule is Cc1ccccc1CCNC(=O)COc1cccc(/C(=C/OCc2ccccc2)C(=O)O)c1. The molecule has 1 amide bonds. The molecule has 6 nitrogen and oxygen atoms in total. The van der Waals surface area contributed by atoms with Crippen molar-refractivity contribution < 1.29 is 24.2 Å². The second-order valence-corrected chi connectivity index (χ2v) is 7.48. The molecular weight excluding hydrogens is 418 g/mol. The Morgan fingerprint density at radius 1 is 0.970 bits per heavy atom. The molecule has 0 aliphatic rings. The van der Waals surface area contributed by atoms with E-state index in [-0.39, 0.29) is 24.7 Å². The Balaban J connectivity index is 1.52. The minimum absolute atomic E-state index is 0.000867. The number of aliphatic carboxylic acids is 1. The predicted octanol–water partition coefficient (Wildman–Crippen LogP) is 4.38. The first kappa shape index (κ1) is 23.6. The van der Waals surface area contributed by atoms with Gasteiger partial charge in [-0.1, -0.05) is 66.7 Å². The van der Waals surface area contributed by atoms with Gasteiger partial charge in [0.25, 0.3) is 5.91 Å². The highest BCUT2D eigenvalue weighted by molar-refractivity contribution is 6.15. The van der Waals surface area contributed by atoms with Gasteiger partial charge in [0.15, 0.2) is 6.61 Å². The van der Waals surface area contributed by atoms with Gasteiger partial charge in [-0.2, -0.15) is 0 Å². The maximum Gasteiger partial charge on any atom is 0.339 e. The van der Waals surface area contributed by atoms with Gasteiger partial charge in [0.2, 0.25) is 0 Å². The Morgan fingerprint density at radius 3 is 2.48 bits per heavy atom. The lowest BCUT2D eigenvalue weighted by Crippen LogP contribution is -2.30. The van der Waals surface area contributed by atoms with E-state index in [4.69, 9.17) is 9.47 Å². The number of benzene rings is 3. The fraction of sp³-hybridized carbons (Fsp3) is 0.185. The van der Waals surface area contributed by atoms with E-state index >= 15 is 0 Å². The molecule has 0 aliphatic carbocycles. The van der Waals surface area contributed by atoms with Gasteiger partial charge >= 0.3 is 5.97 Å². The van der Waals surface area contributed by atoms with Crippen LogP contribution in [0, 0.1) is 6.92 Å². The zero-order chi connectivity index (χ0) is 23.5. The van der Waals surface area contributed by atoms with Crippen LogP contribution in [-0.2, 0) is 27.4 Å². The normalized spacial score (nSPS) is 11.0. The fourth-order valence-corrected chi connectivity index (χ4v) is 3.22. The summed E-state index contributed by atoms with van der Waals surface area (Å²) in [4.78, 5) is 23.9. The van der Waals surface area contributed by atoms with Crippen LogP contribution in [0.1, 0.15) is 22.3 Å². The van der Waals surface area contributed by atoms with Crippen molar-refractivity contribution in [2.45, 2.75) is 20.0 Å². The van der Waals surface area contributed by atoms with E-state index in [0.29, 0.717) is 17.9 Å². The molecule has 0 bridgehead atoms. The molecule has 0 saturated carbocycles. The third-order valence-corrected chi connectivity index (χ3v) is 5.02. The van der Waals surface area contributed by atoms with E-state index in [1.54, 1.807) is 24.3 Å². The molecule has 0 atom stereocenters. The number of rotatable bonds is 11. The lowest BCUT2D eigenvalue weighted by atomic mass is 10.1. The van der Waals surface area contributed by atoms with Gasteiger partial charge < -0.3 is 19.9 Å². The molecule has 33 heavy (non-hydrogen) atoms. The van der Waals surface area contributed by atoms with Crippen LogP contribution in [0.4, 0.5) is 0 Å². The maximum absolute atomic E-state index is 12.1. The van der Waals surface area contributed by atoms with Crippen molar-refractivity contribution in [2.75, 3.05) is 13.2 Å². The van der Waals surface area contributed by atoms with Crippen LogP contribution < -0.4 is 10.1 Å². The number of carboxylic acids is 1. The number of hydrogen-bond donors (Lipinski definition) is 2. The molecule has 3 rings (SSSR count). The number of nitrogens with one attached hydrogen (secondary N) is 1. The first-order chi connectivity index (χ1) is 16.0. The summed E-state index contributed by atoms with van der Waals surface area (Å²) in [6.07, 6.45) is 1.97. The van der Waals surface area contributed by atoms with Gasteiger partial charge in [-0.15, -0.1) is 0 Å². The van der Waals surface area contributed by atoms with Gasteiger partial charge in [-0.25, -0.2) is 4.79 Å². The average Bonchev–Trinajstić information content (AvgIpc) is 2.82. The molecule has 6 heteroatoms. The van der Waals surface area contributed by atoms with Gasteiger partial charge in [0.1, 0.15) is 17.9 Å². The van der Waals surface area contributed by atoms with E-state index in [9.17, 15) is 14.7 Å². The summed E-state index contributed by atoms with van der Waals surface area (Å²) in [7, 11) is 0. The largest absolute Gasteiger partial charge is 0.496 e. The fourth-order valence-electron chi connectivity index (χ4n) is 3.22. The Labute approximate surface area is 193 Å². The van der Waals surface area contributed by atoms with Crippen LogP contribution in [0.15, 0.2) is 85.1 Å². The topological polar surface area (TPSA) is 84.9 Å². The predicted molar refractivity (Wildman–Crippen MR) is 127 cm³/mol. The smallest absolute Gasteiger partial charge is 0.339 e. The first-order valence-electron chi connectivity index (χ1n) is 10.7. The van der Waals surface area contributed by atoms with Crippen LogP contribution in [0.3, 0.4) is 0 Å². The Bertz CT molecular complexity index is 1110. The van der Waals surface area contributed by atoms with E-state index in [1.807, 2.05) is 61.5 Å². The van der Waals surface area contributed by atoms with Crippen LogP contribution in [-0.4, -0.2) is 30.1 Å². The Hall–Kier alpha value is -4.06. The Morgan fingerprint density at radius 2 is 1.73 bits per heavy atom. The summed E-state index contributed by atoms with van der Waals surface area (Å²) in [6, 6.07) is 24.1. The molecule has 0 unspecified atom stereocenters. The lowest BCUT2D eigenvalue weighted by molar-refractivity contribution is -0.130. The van der Waals surface area contributed by atoms with Crippen molar-refractivity contribution in [2.24, 2.45) is 0 Å². The van der Waals surface area contributed by atoms with Crippen molar-refractivity contribution in [1.29, 1.82) is 0 Å². The summed E-state index contributed by atoms with van der Waals surface area (Å²) in [6.45, 7) is 2.65. The summed E-state index contributed by atoms with van der Waals surface area (Å²) in [5.41, 5.74) is 3.74. The maximum atomic E-state index is 12.1. The third-order valence-electron chi connectivity index (χ3n) is 5.02. The molecule has 0 aliphatic heterocycles. The Kier molecular flexibility index (Phi) is 8.65. The standard InChI is InChI=1S/C27H27NO5/c1-20-8-5-6-11-22(20)14-15-28-26(29)19-33-24-13-7-12-23(16-24)25(27(30)31)18-32-17-21-9-3-2-4-10-21/h2-13,16,18H,14-15,17,19H2,1H3,(H,28,29)(H,30,31)/b25-18-. The number of carboxylic acid groups (broad SMARTS) is 1. The molecular formula is C27H27NO5. The van der Waals surface area contributed by atoms with Crippen LogP contribution >= 0.6 is 0 Å². The van der Waals surface area contributed by atoms with E-state index in [0.717, 1.165) is 12.0 Å². The van der Waals surface area contributed by atoms with Gasteiger partial charge in [0.05, 0.1) is 6.26 Å². The molecule has 3 aromatic rings. The number of amides is 1. The summed E-state index contributed by atoms with van der Waals surface area (Å²) in [5, 5.41) is 12.4. The molecule has 0 heterocycles. The molecule has 0 spiro atoms. The van der Waals surface area contributed by atoms with Crippen LogP contribution in [0.5, 0.6) is 5.75 Å². The number of hydrogen-bond acceptors (Lipinski definition) is 4. The average molecular weight is 446 g/mol. The number of ether oxygens (including phenoxy) is 2. The summed E-state index contributed by atoms with van der Waals surface area (Å²) >= 11 is 0. The van der Waals surface area contributed by atoms with Crippen molar-refractivity contribution in [3.05, 3.63) is 107 Å². The van der Waals surface area contributed by atoms with Crippen molar-refractivity contribution in [1.82, 2.24) is 5.32 Å². The summed E-state index contributed by atoms with van der Waals surface area (Å²) in [5.74, 6) is -0.958. The summed E-state index contributed by atoms with van der Waals surface area (Å²) < 4.78 is 11.0. The highest BCUT2D eigenvalue weighted by Gasteiger charge is 2.13. The van der Waals surface area contributed by atoms with E-state index in [2.05, 4.69) is 5.32 Å². The van der Waals surface area contributed by atoms with Crippen LogP contribution in [0.2, 0.25) is 0 Å². The molecule has 3 aromatic carbocycles. The van der Waals surface area contributed by atoms with Crippen molar-refractivity contribution in [3.63, 3.8) is 0 Å². The minimum Gasteiger partial charge on any atom is -0.496 e. The van der Waals surface area contributed by atoms with Crippen molar-refractivity contribution >= 4 is 17.4 Å². The first-order valence-corrected chi connectivity index (χ1v) is 10.7. The molecule has 2 N–H and O–H groups in total. The monoisotopic (exact) mass is 445 g/mol. The molecule has 0 saturated heterocycles. The molecule has 170 valence electrons. The zero-order valence-electron chi connectivity index (χ0n) is 18.5. The van der Waals surface area contributed by atoms with E-state index in [1.165, 1.54) is 17.4 Å². The molecule has 0 aromatic heterocycles. The second-order valence-electron chi connectivity index (χ2n) is 7.48. The number of aryl methyl sites for hydroxylation is 1. The van der Waals surface area contributed by atoms with E-state index < -0.39 is 5.97 Å². The molecule has 0 fully saturated rings. The number of carbonyl (C=O) groups is 2. The van der Waals surface area contributed by atoms with Crippen LogP contribution in [0.25, 0.3) is 5.57 Å². The molecule has 0 radical (unpaired) electrons. The highest BCUT2D eigenvalue weighted by Crippen LogP contribution is 2.21. The lowest BCUT2D eigenvalue weighted by Gasteiger charge is -2.10. The second kappa shape index (κ2) is 12.1. The van der Waals surface area contributed by atoms with Crippen molar-refractivity contribution in [3.8, 4) is 5.75 Å². The third kappa shape index (κ3) is 7.54. The minimum atomic E-state index is -1.12. The van der Waals surface area contributed by atoms with Gasteiger partial charge in [0, 0.05) is 6.54 Å². The number of carbonyl (C=O) groups excluding carboxylic acids is 1. The van der Waals surface area contributed by atoms with Gasteiger partial charge in [-0.3, -0.25) is 4.79 Å².